The maximum absolute atomic E-state index is 12.7. The number of benzene rings is 1. The van der Waals surface area contributed by atoms with Gasteiger partial charge in [-0.1, -0.05) is 36.9 Å². The van der Waals surface area contributed by atoms with Crippen LogP contribution in [0.15, 0.2) is 43.0 Å². The van der Waals surface area contributed by atoms with Crippen molar-refractivity contribution >= 4 is 11.6 Å². The van der Waals surface area contributed by atoms with Crippen molar-refractivity contribution in [2.24, 2.45) is 5.73 Å². The summed E-state index contributed by atoms with van der Waals surface area (Å²) < 4.78 is 12.7. The molecule has 0 spiro atoms. The Morgan fingerprint density at radius 2 is 2.21 bits per heavy atom. The first kappa shape index (κ1) is 11.0. The number of hydrogen-bond donors (Lipinski definition) is 1. The van der Waals surface area contributed by atoms with E-state index in [1.165, 1.54) is 12.1 Å². The van der Waals surface area contributed by atoms with Crippen molar-refractivity contribution in [2.75, 3.05) is 0 Å². The Bertz CT molecular complexity index is 374. The average Bonchev–Trinajstić information content (AvgIpc) is 2.15. The van der Waals surface area contributed by atoms with Crippen LogP contribution in [0.1, 0.15) is 11.6 Å². The first-order valence-electron chi connectivity index (χ1n) is 4.08. The molecule has 0 fully saturated rings. The van der Waals surface area contributed by atoms with Gasteiger partial charge in [-0.05, 0) is 23.3 Å². The molecule has 14 heavy (non-hydrogen) atoms. The molecule has 2 N–H and O–H groups in total. The summed E-state index contributed by atoms with van der Waals surface area (Å²) in [5.41, 5.74) is 7.12. The Morgan fingerprint density at radius 3 is 2.71 bits per heavy atom. The molecule has 3 heteroatoms. The number of halogens is 2. The summed E-state index contributed by atoms with van der Waals surface area (Å²) in [5.74, 6) is -0.379. The quantitative estimate of drug-likeness (QED) is 0.764. The second-order valence-corrected chi connectivity index (χ2v) is 3.33. The molecule has 0 aliphatic carbocycles. The molecule has 0 aliphatic heterocycles. The molecule has 1 nitrogen and oxygen atoms in total. The molecule has 0 saturated carbocycles. The van der Waals surface area contributed by atoms with E-state index < -0.39 is 6.04 Å². The summed E-state index contributed by atoms with van der Waals surface area (Å²) in [5, 5.41) is 0.306. The van der Waals surface area contributed by atoms with Gasteiger partial charge in [0, 0.05) is 5.02 Å². The molecular weight excluding hydrogens is 201 g/mol. The lowest BCUT2D eigenvalue weighted by Gasteiger charge is -2.13. The van der Waals surface area contributed by atoms with Crippen molar-refractivity contribution < 1.29 is 4.39 Å². The van der Waals surface area contributed by atoms with Gasteiger partial charge in [-0.2, -0.15) is 0 Å². The largest absolute Gasteiger partial charge is 0.320 e. The fourth-order valence-corrected chi connectivity index (χ4v) is 1.37. The minimum atomic E-state index is -0.430. The van der Waals surface area contributed by atoms with E-state index in [2.05, 4.69) is 13.2 Å². The SMILES string of the molecule is C=CC(=C)C(N)c1ccc(F)cc1Cl. The maximum atomic E-state index is 12.7. The van der Waals surface area contributed by atoms with E-state index in [0.29, 0.717) is 16.2 Å². The first-order valence-corrected chi connectivity index (χ1v) is 4.46. The van der Waals surface area contributed by atoms with Gasteiger partial charge < -0.3 is 5.73 Å². The lowest BCUT2D eigenvalue weighted by Crippen LogP contribution is -2.12. The zero-order valence-electron chi connectivity index (χ0n) is 7.63. The molecule has 0 heterocycles. The van der Waals surface area contributed by atoms with Gasteiger partial charge in [-0.3, -0.25) is 0 Å². The lowest BCUT2D eigenvalue weighted by atomic mass is 10.0. The van der Waals surface area contributed by atoms with Crippen molar-refractivity contribution in [2.45, 2.75) is 6.04 Å². The minimum absolute atomic E-state index is 0.306. The van der Waals surface area contributed by atoms with Crippen LogP contribution >= 0.6 is 11.6 Å². The number of rotatable bonds is 3. The van der Waals surface area contributed by atoms with Crippen LogP contribution in [0.2, 0.25) is 5.02 Å². The standard InChI is InChI=1S/C11H11ClFN/c1-3-7(2)11(14)9-5-4-8(13)6-10(9)12/h3-6,11H,1-2,14H2. The molecule has 1 rings (SSSR count). The van der Waals surface area contributed by atoms with Crippen molar-refractivity contribution in [3.8, 4) is 0 Å². The van der Waals surface area contributed by atoms with Crippen LogP contribution in [0.5, 0.6) is 0 Å². The monoisotopic (exact) mass is 211 g/mol. The minimum Gasteiger partial charge on any atom is -0.320 e. The summed E-state index contributed by atoms with van der Waals surface area (Å²) in [7, 11) is 0. The van der Waals surface area contributed by atoms with Crippen LogP contribution in [-0.2, 0) is 0 Å². The average molecular weight is 212 g/mol. The third-order valence-electron chi connectivity index (χ3n) is 1.96. The summed E-state index contributed by atoms with van der Waals surface area (Å²) in [6.07, 6.45) is 1.56. The molecular formula is C11H11ClFN. The van der Waals surface area contributed by atoms with Gasteiger partial charge in [0.25, 0.3) is 0 Å². The fourth-order valence-electron chi connectivity index (χ4n) is 1.08. The Hall–Kier alpha value is -1.12. The molecule has 74 valence electrons. The number of hydrogen-bond acceptors (Lipinski definition) is 1. The molecule has 0 aromatic heterocycles. The van der Waals surface area contributed by atoms with Crippen molar-refractivity contribution in [3.05, 3.63) is 59.4 Å². The zero-order valence-corrected chi connectivity index (χ0v) is 8.39. The van der Waals surface area contributed by atoms with Gasteiger partial charge >= 0.3 is 0 Å². The summed E-state index contributed by atoms with van der Waals surface area (Å²) in [4.78, 5) is 0. The van der Waals surface area contributed by atoms with Crippen LogP contribution in [0, 0.1) is 5.82 Å². The first-order chi connectivity index (χ1) is 6.56. The zero-order chi connectivity index (χ0) is 10.7. The molecule has 0 amide bonds. The molecule has 1 aromatic carbocycles. The van der Waals surface area contributed by atoms with Gasteiger partial charge in [0.2, 0.25) is 0 Å². The predicted octanol–water partition coefficient (Wildman–Crippen LogP) is 3.22. The summed E-state index contributed by atoms with van der Waals surface area (Å²) in [6, 6.07) is 3.67. The van der Waals surface area contributed by atoms with Gasteiger partial charge in [-0.15, -0.1) is 0 Å². The Balaban J connectivity index is 3.07. The highest BCUT2D eigenvalue weighted by molar-refractivity contribution is 6.31. The Kier molecular flexibility index (Phi) is 3.44. The molecule has 1 atom stereocenters. The van der Waals surface area contributed by atoms with Gasteiger partial charge in [0.05, 0.1) is 6.04 Å². The smallest absolute Gasteiger partial charge is 0.124 e. The molecule has 0 aliphatic rings. The predicted molar refractivity (Wildman–Crippen MR) is 57.7 cm³/mol. The van der Waals surface area contributed by atoms with Gasteiger partial charge in [0.1, 0.15) is 5.82 Å². The molecule has 0 bridgehead atoms. The number of nitrogens with two attached hydrogens (primary N) is 1. The topological polar surface area (TPSA) is 26.0 Å². The second-order valence-electron chi connectivity index (χ2n) is 2.92. The van der Waals surface area contributed by atoms with Crippen LogP contribution in [-0.4, -0.2) is 0 Å². The van der Waals surface area contributed by atoms with Crippen LogP contribution in [0.4, 0.5) is 4.39 Å². The maximum Gasteiger partial charge on any atom is 0.124 e. The van der Waals surface area contributed by atoms with E-state index in [9.17, 15) is 4.39 Å². The molecule has 0 radical (unpaired) electrons. The van der Waals surface area contributed by atoms with E-state index in [-0.39, 0.29) is 5.82 Å². The van der Waals surface area contributed by atoms with Crippen LogP contribution in [0.3, 0.4) is 0 Å². The molecule has 0 saturated heterocycles. The normalized spacial score (nSPS) is 12.2. The molecule has 1 unspecified atom stereocenters. The highest BCUT2D eigenvalue weighted by Crippen LogP contribution is 2.26. The van der Waals surface area contributed by atoms with Crippen molar-refractivity contribution in [1.82, 2.24) is 0 Å². The van der Waals surface area contributed by atoms with E-state index in [1.54, 1.807) is 12.1 Å². The van der Waals surface area contributed by atoms with E-state index in [0.717, 1.165) is 0 Å². The van der Waals surface area contributed by atoms with Gasteiger partial charge in [0.15, 0.2) is 0 Å². The van der Waals surface area contributed by atoms with Crippen LogP contribution in [0.25, 0.3) is 0 Å². The van der Waals surface area contributed by atoms with Crippen molar-refractivity contribution in [1.29, 1.82) is 0 Å². The third-order valence-corrected chi connectivity index (χ3v) is 2.29. The van der Waals surface area contributed by atoms with E-state index in [1.807, 2.05) is 0 Å². The lowest BCUT2D eigenvalue weighted by molar-refractivity contribution is 0.626. The van der Waals surface area contributed by atoms with Crippen molar-refractivity contribution in [3.63, 3.8) is 0 Å². The summed E-state index contributed by atoms with van der Waals surface area (Å²) >= 11 is 5.83. The summed E-state index contributed by atoms with van der Waals surface area (Å²) in [6.45, 7) is 7.28. The van der Waals surface area contributed by atoms with Gasteiger partial charge in [-0.25, -0.2) is 4.39 Å². The Morgan fingerprint density at radius 1 is 1.57 bits per heavy atom. The third kappa shape index (κ3) is 2.22. The van der Waals surface area contributed by atoms with Crippen LogP contribution < -0.4 is 5.73 Å². The second kappa shape index (κ2) is 4.40. The van der Waals surface area contributed by atoms with E-state index >= 15 is 0 Å². The molecule has 1 aromatic rings. The highest BCUT2D eigenvalue weighted by Gasteiger charge is 2.11. The highest BCUT2D eigenvalue weighted by atomic mass is 35.5. The van der Waals surface area contributed by atoms with E-state index in [4.69, 9.17) is 17.3 Å². The Labute approximate surface area is 87.7 Å². The fraction of sp³-hybridized carbons (Fsp3) is 0.0909.